The number of para-hydroxylation sites is 2. The van der Waals surface area contributed by atoms with Gasteiger partial charge in [0.2, 0.25) is 12.0 Å². The molecule has 26 heavy (non-hydrogen) atoms. The first-order chi connectivity index (χ1) is 12.7. The largest absolute Gasteiger partial charge is 0.482 e. The molecule has 0 aliphatic carbocycles. The number of ether oxygens (including phenoxy) is 3. The number of rotatable bonds is 4. The second-order valence-corrected chi connectivity index (χ2v) is 5.78. The van der Waals surface area contributed by atoms with E-state index in [4.69, 9.17) is 18.6 Å². The molecule has 4 rings (SSSR count). The highest BCUT2D eigenvalue weighted by Crippen LogP contribution is 2.33. The van der Waals surface area contributed by atoms with Gasteiger partial charge in [0.25, 0.3) is 5.89 Å². The van der Waals surface area contributed by atoms with E-state index in [0.29, 0.717) is 17.4 Å². The molecule has 0 amide bonds. The number of carbonyl (C=O) groups is 1. The lowest BCUT2D eigenvalue weighted by Crippen LogP contribution is -2.44. The zero-order chi connectivity index (χ0) is 17.9. The van der Waals surface area contributed by atoms with Crippen molar-refractivity contribution in [3.05, 3.63) is 60.5 Å². The lowest BCUT2D eigenvalue weighted by molar-refractivity contribution is -0.159. The van der Waals surface area contributed by atoms with Crippen LogP contribution in [0.3, 0.4) is 0 Å². The summed E-state index contributed by atoms with van der Waals surface area (Å²) in [6.07, 6.45) is -1.33. The average molecular weight is 352 g/mol. The topological polar surface area (TPSA) is 83.7 Å². The van der Waals surface area contributed by atoms with Crippen LogP contribution in [-0.2, 0) is 16.1 Å². The Morgan fingerprint density at radius 1 is 1.00 bits per heavy atom. The SMILES string of the molecule is CC1Oc2ccccc2OC1C(=O)OCc1nnc(-c2ccccc2)o1. The van der Waals surface area contributed by atoms with Crippen molar-refractivity contribution in [1.82, 2.24) is 10.2 Å². The summed E-state index contributed by atoms with van der Waals surface area (Å²) in [7, 11) is 0. The Kier molecular flexibility index (Phi) is 4.27. The van der Waals surface area contributed by atoms with Crippen LogP contribution in [0.15, 0.2) is 59.0 Å². The van der Waals surface area contributed by atoms with Gasteiger partial charge in [-0.1, -0.05) is 30.3 Å². The van der Waals surface area contributed by atoms with Crippen molar-refractivity contribution in [2.45, 2.75) is 25.7 Å². The highest BCUT2D eigenvalue weighted by molar-refractivity contribution is 5.76. The van der Waals surface area contributed by atoms with Crippen molar-refractivity contribution in [2.24, 2.45) is 0 Å². The standard InChI is InChI=1S/C19H16N2O5/c1-12-17(25-15-10-6-5-9-14(15)24-12)19(22)23-11-16-20-21-18(26-16)13-7-3-2-4-8-13/h2-10,12,17H,11H2,1H3. The molecule has 7 nitrogen and oxygen atoms in total. The molecule has 0 saturated carbocycles. The molecule has 3 aromatic rings. The van der Waals surface area contributed by atoms with Gasteiger partial charge in [0.15, 0.2) is 18.1 Å². The van der Waals surface area contributed by atoms with E-state index in [-0.39, 0.29) is 12.5 Å². The number of hydrogen-bond donors (Lipinski definition) is 0. The molecular formula is C19H16N2O5. The van der Waals surface area contributed by atoms with Crippen LogP contribution in [-0.4, -0.2) is 28.4 Å². The van der Waals surface area contributed by atoms with Gasteiger partial charge in [0, 0.05) is 5.56 Å². The monoisotopic (exact) mass is 352 g/mol. The molecule has 0 radical (unpaired) electrons. The minimum absolute atomic E-state index is 0.132. The maximum atomic E-state index is 12.4. The van der Waals surface area contributed by atoms with Gasteiger partial charge in [-0.15, -0.1) is 10.2 Å². The normalized spacial score (nSPS) is 18.3. The second kappa shape index (κ2) is 6.87. The predicted octanol–water partition coefficient (Wildman–Crippen LogP) is 3.01. The molecule has 0 N–H and O–H groups in total. The molecule has 1 aliphatic heterocycles. The van der Waals surface area contributed by atoms with Gasteiger partial charge in [-0.3, -0.25) is 0 Å². The van der Waals surface area contributed by atoms with Crippen LogP contribution in [0.4, 0.5) is 0 Å². The fourth-order valence-electron chi connectivity index (χ4n) is 2.60. The van der Waals surface area contributed by atoms with Crippen LogP contribution >= 0.6 is 0 Å². The van der Waals surface area contributed by atoms with Crippen LogP contribution in [0.1, 0.15) is 12.8 Å². The molecule has 7 heteroatoms. The van der Waals surface area contributed by atoms with Crippen molar-refractivity contribution in [1.29, 1.82) is 0 Å². The quantitative estimate of drug-likeness (QED) is 0.667. The molecule has 0 saturated heterocycles. The predicted molar refractivity (Wildman–Crippen MR) is 90.5 cm³/mol. The Morgan fingerprint density at radius 3 is 2.46 bits per heavy atom. The van der Waals surface area contributed by atoms with Crippen molar-refractivity contribution in [3.8, 4) is 23.0 Å². The summed E-state index contributed by atoms with van der Waals surface area (Å²) in [6, 6.07) is 16.5. The fourth-order valence-corrected chi connectivity index (χ4v) is 2.60. The molecule has 0 bridgehead atoms. The van der Waals surface area contributed by atoms with E-state index in [2.05, 4.69) is 10.2 Å². The number of fused-ring (bicyclic) bond motifs is 1. The molecule has 0 fully saturated rings. The maximum absolute atomic E-state index is 12.4. The Bertz CT molecular complexity index is 909. The fraction of sp³-hybridized carbons (Fsp3) is 0.211. The van der Waals surface area contributed by atoms with Crippen LogP contribution in [0.2, 0.25) is 0 Å². The van der Waals surface area contributed by atoms with Crippen LogP contribution in [0, 0.1) is 0 Å². The summed E-state index contributed by atoms with van der Waals surface area (Å²) in [6.45, 7) is 1.62. The van der Waals surface area contributed by atoms with E-state index in [1.54, 1.807) is 19.1 Å². The third kappa shape index (κ3) is 3.23. The highest BCUT2D eigenvalue weighted by Gasteiger charge is 2.35. The highest BCUT2D eigenvalue weighted by atomic mass is 16.6. The zero-order valence-electron chi connectivity index (χ0n) is 14.0. The lowest BCUT2D eigenvalue weighted by atomic mass is 10.2. The van der Waals surface area contributed by atoms with E-state index < -0.39 is 18.2 Å². The van der Waals surface area contributed by atoms with E-state index in [1.807, 2.05) is 42.5 Å². The summed E-state index contributed by atoms with van der Waals surface area (Å²) in [5.41, 5.74) is 0.798. The van der Waals surface area contributed by atoms with Gasteiger partial charge in [-0.05, 0) is 31.2 Å². The molecule has 132 valence electrons. The Morgan fingerprint density at radius 2 is 1.69 bits per heavy atom. The number of hydrogen-bond acceptors (Lipinski definition) is 7. The Balaban J connectivity index is 1.39. The average Bonchev–Trinajstić information content (AvgIpc) is 3.15. The van der Waals surface area contributed by atoms with Crippen LogP contribution in [0.25, 0.3) is 11.5 Å². The first-order valence-corrected chi connectivity index (χ1v) is 8.17. The minimum Gasteiger partial charge on any atom is -0.482 e. The Hall–Kier alpha value is -3.35. The van der Waals surface area contributed by atoms with E-state index in [1.165, 1.54) is 0 Å². The van der Waals surface area contributed by atoms with E-state index in [9.17, 15) is 4.79 Å². The summed E-state index contributed by atoms with van der Waals surface area (Å²) >= 11 is 0. The Labute approximate surface area is 149 Å². The molecule has 1 aliphatic rings. The first kappa shape index (κ1) is 16.1. The number of benzene rings is 2. The van der Waals surface area contributed by atoms with Gasteiger partial charge < -0.3 is 18.6 Å². The summed E-state index contributed by atoms with van der Waals surface area (Å²) in [4.78, 5) is 12.4. The van der Waals surface area contributed by atoms with Gasteiger partial charge in [-0.25, -0.2) is 4.79 Å². The van der Waals surface area contributed by atoms with Gasteiger partial charge in [0.05, 0.1) is 0 Å². The van der Waals surface area contributed by atoms with Crippen molar-refractivity contribution < 1.29 is 23.4 Å². The van der Waals surface area contributed by atoms with Crippen LogP contribution in [0.5, 0.6) is 11.5 Å². The molecule has 2 unspecified atom stereocenters. The zero-order valence-corrected chi connectivity index (χ0v) is 14.0. The molecule has 0 spiro atoms. The smallest absolute Gasteiger partial charge is 0.351 e. The number of esters is 1. The lowest BCUT2D eigenvalue weighted by Gasteiger charge is -2.30. The molecule has 2 aromatic carbocycles. The van der Waals surface area contributed by atoms with Crippen molar-refractivity contribution in [3.63, 3.8) is 0 Å². The molecular weight excluding hydrogens is 336 g/mol. The maximum Gasteiger partial charge on any atom is 0.351 e. The molecule has 1 aromatic heterocycles. The molecule has 2 atom stereocenters. The summed E-state index contributed by atoms with van der Waals surface area (Å²) in [5, 5.41) is 7.86. The minimum atomic E-state index is -0.860. The third-order valence-corrected chi connectivity index (χ3v) is 3.90. The summed E-state index contributed by atoms with van der Waals surface area (Å²) < 4.78 is 22.2. The number of aromatic nitrogens is 2. The van der Waals surface area contributed by atoms with E-state index >= 15 is 0 Å². The molecule has 2 heterocycles. The van der Waals surface area contributed by atoms with Gasteiger partial charge in [0.1, 0.15) is 6.10 Å². The summed E-state index contributed by atoms with van der Waals surface area (Å²) in [5.74, 6) is 1.15. The van der Waals surface area contributed by atoms with Gasteiger partial charge in [-0.2, -0.15) is 0 Å². The van der Waals surface area contributed by atoms with Crippen molar-refractivity contribution in [2.75, 3.05) is 0 Å². The van der Waals surface area contributed by atoms with E-state index in [0.717, 1.165) is 5.56 Å². The van der Waals surface area contributed by atoms with Crippen molar-refractivity contribution >= 4 is 5.97 Å². The number of carbonyl (C=O) groups excluding carboxylic acids is 1. The number of nitrogens with zero attached hydrogens (tertiary/aromatic N) is 2. The van der Waals surface area contributed by atoms with Crippen LogP contribution < -0.4 is 9.47 Å². The third-order valence-electron chi connectivity index (χ3n) is 3.90. The first-order valence-electron chi connectivity index (χ1n) is 8.17. The second-order valence-electron chi connectivity index (χ2n) is 5.78. The van der Waals surface area contributed by atoms with Gasteiger partial charge >= 0.3 is 5.97 Å².